The molecule has 0 spiro atoms. The minimum atomic E-state index is -2.30. The highest BCUT2D eigenvalue weighted by Gasteiger charge is 2.30. The highest BCUT2D eigenvalue weighted by atomic mass is 19.2. The van der Waals surface area contributed by atoms with Gasteiger partial charge in [0.15, 0.2) is 29.1 Å². The van der Waals surface area contributed by atoms with Gasteiger partial charge < -0.3 is 20.6 Å². The van der Waals surface area contributed by atoms with Crippen molar-refractivity contribution in [2.24, 2.45) is 0 Å². The number of hydrogen-bond donors (Lipinski definition) is 3. The predicted octanol–water partition coefficient (Wildman–Crippen LogP) is 3.74. The van der Waals surface area contributed by atoms with E-state index in [0.717, 1.165) is 0 Å². The minimum absolute atomic E-state index is 0.0378. The second-order valence-corrected chi connectivity index (χ2v) is 9.16. The van der Waals surface area contributed by atoms with Gasteiger partial charge in [0.1, 0.15) is 5.82 Å². The SMILES string of the molecule is O=C(Nc1ccccc1)c1ccc(Nc2nc(-c3c(F)c(F)c(F)c(F)c3F)nc(N3CCN(CCO)CC3)n2)nc1. The molecule has 0 unspecified atom stereocenters. The van der Waals surface area contributed by atoms with Crippen LogP contribution in [0.15, 0.2) is 48.7 Å². The van der Waals surface area contributed by atoms with Crippen molar-refractivity contribution < 1.29 is 31.9 Å². The van der Waals surface area contributed by atoms with Crippen LogP contribution in [0, 0.1) is 29.1 Å². The molecule has 1 saturated heterocycles. The third-order valence-electron chi connectivity index (χ3n) is 6.43. The molecule has 1 aliphatic rings. The van der Waals surface area contributed by atoms with Crippen molar-refractivity contribution in [3.63, 3.8) is 0 Å². The Kier molecular flexibility index (Phi) is 8.49. The van der Waals surface area contributed by atoms with Gasteiger partial charge in [-0.1, -0.05) is 18.2 Å². The van der Waals surface area contributed by atoms with Crippen LogP contribution in [0.4, 0.5) is 45.4 Å². The van der Waals surface area contributed by atoms with Crippen molar-refractivity contribution in [3.8, 4) is 11.4 Å². The lowest BCUT2D eigenvalue weighted by Gasteiger charge is -2.34. The molecule has 4 aromatic rings. The van der Waals surface area contributed by atoms with E-state index in [1.165, 1.54) is 18.3 Å². The number of β-amino-alcohol motifs (C(OH)–C–C–N with tert-alkyl or cyclic N) is 1. The smallest absolute Gasteiger partial charge is 0.257 e. The first-order valence-corrected chi connectivity index (χ1v) is 12.7. The molecule has 2 aromatic heterocycles. The van der Waals surface area contributed by atoms with Gasteiger partial charge in [-0.3, -0.25) is 9.69 Å². The van der Waals surface area contributed by atoms with Gasteiger partial charge in [-0.15, -0.1) is 0 Å². The summed E-state index contributed by atoms with van der Waals surface area (Å²) in [5.74, 6) is -12.2. The molecule has 0 saturated carbocycles. The zero-order valence-corrected chi connectivity index (χ0v) is 21.8. The number of aliphatic hydroxyl groups is 1. The number of carbonyl (C=O) groups excluding carboxylic acids is 1. The first kappa shape index (κ1) is 28.8. The summed E-state index contributed by atoms with van der Waals surface area (Å²) in [5.41, 5.74) is -0.498. The molecule has 15 heteroatoms. The largest absolute Gasteiger partial charge is 0.395 e. The number of benzene rings is 2. The number of aliphatic hydroxyl groups excluding tert-OH is 1. The number of piperazine rings is 1. The second kappa shape index (κ2) is 12.4. The number of rotatable bonds is 8. The zero-order valence-electron chi connectivity index (χ0n) is 21.8. The van der Waals surface area contributed by atoms with Gasteiger partial charge in [-0.25, -0.2) is 26.9 Å². The van der Waals surface area contributed by atoms with E-state index < -0.39 is 46.4 Å². The van der Waals surface area contributed by atoms with Gasteiger partial charge in [0, 0.05) is 44.6 Å². The highest BCUT2D eigenvalue weighted by Crippen LogP contribution is 2.31. The summed E-state index contributed by atoms with van der Waals surface area (Å²) >= 11 is 0. The molecular formula is C27H23F5N8O2. The summed E-state index contributed by atoms with van der Waals surface area (Å²) in [7, 11) is 0. The first-order chi connectivity index (χ1) is 20.2. The molecule has 3 heterocycles. The van der Waals surface area contributed by atoms with E-state index in [1.54, 1.807) is 35.2 Å². The van der Waals surface area contributed by atoms with E-state index in [2.05, 4.69) is 30.6 Å². The summed E-state index contributed by atoms with van der Waals surface area (Å²) in [6.07, 6.45) is 1.27. The lowest BCUT2D eigenvalue weighted by Crippen LogP contribution is -2.47. The Balaban J connectivity index is 1.46. The maximum atomic E-state index is 14.7. The molecule has 0 atom stereocenters. The number of amides is 1. The van der Waals surface area contributed by atoms with Crippen LogP contribution in [-0.2, 0) is 0 Å². The van der Waals surface area contributed by atoms with Crippen LogP contribution in [0.2, 0.25) is 0 Å². The van der Waals surface area contributed by atoms with Crippen LogP contribution in [0.1, 0.15) is 10.4 Å². The Labute approximate surface area is 235 Å². The molecule has 10 nitrogen and oxygen atoms in total. The van der Waals surface area contributed by atoms with Gasteiger partial charge in [0.25, 0.3) is 5.91 Å². The average molecular weight is 587 g/mol. The lowest BCUT2D eigenvalue weighted by molar-refractivity contribution is 0.102. The van der Waals surface area contributed by atoms with Crippen molar-refractivity contribution in [2.75, 3.05) is 54.9 Å². The topological polar surface area (TPSA) is 119 Å². The number of halogens is 5. The molecule has 42 heavy (non-hydrogen) atoms. The summed E-state index contributed by atoms with van der Waals surface area (Å²) in [6.45, 7) is 2.11. The number of pyridine rings is 1. The fourth-order valence-corrected chi connectivity index (χ4v) is 4.23. The van der Waals surface area contributed by atoms with Crippen LogP contribution < -0.4 is 15.5 Å². The van der Waals surface area contributed by atoms with Gasteiger partial charge >= 0.3 is 0 Å². The summed E-state index contributed by atoms with van der Waals surface area (Å²) in [6, 6.07) is 11.6. The normalized spacial score (nSPS) is 13.7. The number of hydrogen-bond acceptors (Lipinski definition) is 9. The number of nitrogens with one attached hydrogen (secondary N) is 2. The number of anilines is 4. The van der Waals surface area contributed by atoms with Gasteiger partial charge in [0.05, 0.1) is 17.7 Å². The predicted molar refractivity (Wildman–Crippen MR) is 143 cm³/mol. The quantitative estimate of drug-likeness (QED) is 0.161. The third-order valence-corrected chi connectivity index (χ3v) is 6.43. The number of nitrogens with zero attached hydrogens (tertiary/aromatic N) is 6. The molecule has 0 aliphatic carbocycles. The van der Waals surface area contributed by atoms with E-state index in [1.807, 2.05) is 4.90 Å². The molecule has 5 rings (SSSR count). The van der Waals surface area contributed by atoms with E-state index in [9.17, 15) is 31.9 Å². The molecule has 1 aliphatic heterocycles. The second-order valence-electron chi connectivity index (χ2n) is 9.16. The number of para-hydroxylation sites is 1. The maximum Gasteiger partial charge on any atom is 0.257 e. The molecule has 1 fully saturated rings. The van der Waals surface area contributed by atoms with Crippen LogP contribution in [-0.4, -0.2) is 75.2 Å². The highest BCUT2D eigenvalue weighted by molar-refractivity contribution is 6.04. The fraction of sp³-hybridized carbons (Fsp3) is 0.222. The Hall–Kier alpha value is -4.76. The number of carbonyl (C=O) groups is 1. The summed E-state index contributed by atoms with van der Waals surface area (Å²) in [5, 5.41) is 14.6. The standard InChI is InChI=1S/C27H23F5N8O2/c28-19-18(20(29)22(31)23(32)21(19)30)24-36-26(38-27(37-24)40-10-8-39(9-11-40)12-13-41)35-17-7-6-15(14-33-17)25(42)34-16-4-2-1-3-5-16/h1-7,14,41H,8-13H2,(H,34,42)(H,33,35,36,37,38). The summed E-state index contributed by atoms with van der Waals surface area (Å²) < 4.78 is 71.1. The summed E-state index contributed by atoms with van der Waals surface area (Å²) in [4.78, 5) is 32.6. The Morgan fingerprint density at radius 3 is 2.12 bits per heavy atom. The van der Waals surface area contributed by atoms with Gasteiger partial charge in [0.2, 0.25) is 17.7 Å². The molecular weight excluding hydrogens is 563 g/mol. The van der Waals surface area contributed by atoms with E-state index >= 15 is 0 Å². The molecule has 1 amide bonds. The minimum Gasteiger partial charge on any atom is -0.395 e. The monoisotopic (exact) mass is 586 g/mol. The van der Waals surface area contributed by atoms with E-state index in [4.69, 9.17) is 0 Å². The molecule has 2 aromatic carbocycles. The molecule has 0 radical (unpaired) electrons. The van der Waals surface area contributed by atoms with Crippen LogP contribution in [0.5, 0.6) is 0 Å². The Morgan fingerprint density at radius 1 is 0.833 bits per heavy atom. The van der Waals surface area contributed by atoms with Crippen molar-refractivity contribution >= 4 is 29.3 Å². The van der Waals surface area contributed by atoms with Crippen LogP contribution in [0.25, 0.3) is 11.4 Å². The Morgan fingerprint density at radius 2 is 1.50 bits per heavy atom. The van der Waals surface area contributed by atoms with E-state index in [-0.39, 0.29) is 29.9 Å². The average Bonchev–Trinajstić information content (AvgIpc) is 3.00. The molecule has 0 bridgehead atoms. The molecule has 218 valence electrons. The lowest BCUT2D eigenvalue weighted by atomic mass is 10.1. The van der Waals surface area contributed by atoms with Crippen molar-refractivity contribution in [1.82, 2.24) is 24.8 Å². The molecule has 3 N–H and O–H groups in total. The number of aromatic nitrogens is 4. The zero-order chi connectivity index (χ0) is 29.8. The van der Waals surface area contributed by atoms with Crippen LogP contribution >= 0.6 is 0 Å². The van der Waals surface area contributed by atoms with Crippen molar-refractivity contribution in [3.05, 3.63) is 83.3 Å². The van der Waals surface area contributed by atoms with Gasteiger partial charge in [-0.05, 0) is 24.3 Å². The van der Waals surface area contributed by atoms with E-state index in [0.29, 0.717) is 38.4 Å². The maximum absolute atomic E-state index is 14.7. The first-order valence-electron chi connectivity index (χ1n) is 12.7. The van der Waals surface area contributed by atoms with Crippen molar-refractivity contribution in [1.29, 1.82) is 0 Å². The third kappa shape index (κ3) is 6.11. The van der Waals surface area contributed by atoms with Crippen LogP contribution in [0.3, 0.4) is 0 Å². The Bertz CT molecular complexity index is 1560. The van der Waals surface area contributed by atoms with Crippen molar-refractivity contribution in [2.45, 2.75) is 0 Å². The van der Waals surface area contributed by atoms with Gasteiger partial charge in [-0.2, -0.15) is 15.0 Å². The fourth-order valence-electron chi connectivity index (χ4n) is 4.23.